The summed E-state index contributed by atoms with van der Waals surface area (Å²) in [6, 6.07) is 13.8. The van der Waals surface area contributed by atoms with Gasteiger partial charge in [-0.2, -0.15) is 0 Å². The van der Waals surface area contributed by atoms with Crippen LogP contribution in [-0.4, -0.2) is 27.8 Å². The van der Waals surface area contributed by atoms with Crippen LogP contribution in [0, 0.1) is 0 Å². The highest BCUT2D eigenvalue weighted by atomic mass is 35.5. The molecule has 138 valence electrons. The van der Waals surface area contributed by atoms with Gasteiger partial charge in [-0.1, -0.05) is 41.6 Å². The summed E-state index contributed by atoms with van der Waals surface area (Å²) in [5.41, 5.74) is 0.856. The number of benzene rings is 1. The zero-order chi connectivity index (χ0) is 19.1. The number of hydrogen-bond acceptors (Lipinski definition) is 6. The molecular formula is C18H15ClN4O3S. The molecule has 0 aliphatic rings. The third kappa shape index (κ3) is 5.57. The van der Waals surface area contributed by atoms with Crippen molar-refractivity contribution in [2.75, 3.05) is 11.1 Å². The molecule has 0 aliphatic carbocycles. The summed E-state index contributed by atoms with van der Waals surface area (Å²) >= 11 is 7.30. The molecule has 0 spiro atoms. The average molecular weight is 403 g/mol. The monoisotopic (exact) mass is 402 g/mol. The van der Waals surface area contributed by atoms with E-state index in [9.17, 15) is 9.59 Å². The number of furan rings is 1. The molecular weight excluding hydrogens is 388 g/mol. The summed E-state index contributed by atoms with van der Waals surface area (Å²) in [5.74, 6) is 0.122. The van der Waals surface area contributed by atoms with Crippen LogP contribution in [0.5, 0.6) is 0 Å². The lowest BCUT2D eigenvalue weighted by Crippen LogP contribution is -2.24. The minimum absolute atomic E-state index is 0.142. The number of halogens is 1. The summed E-state index contributed by atoms with van der Waals surface area (Å²) in [7, 11) is 0. The first-order valence-electron chi connectivity index (χ1n) is 7.93. The van der Waals surface area contributed by atoms with Gasteiger partial charge in [-0.3, -0.25) is 9.59 Å². The molecule has 0 saturated carbocycles. The Morgan fingerprint density at radius 2 is 1.93 bits per heavy atom. The molecule has 0 radical (unpaired) electrons. The summed E-state index contributed by atoms with van der Waals surface area (Å²) in [4.78, 5) is 23.8. The maximum Gasteiger partial charge on any atom is 0.292 e. The van der Waals surface area contributed by atoms with Crippen LogP contribution < -0.4 is 10.6 Å². The lowest BCUT2D eigenvalue weighted by molar-refractivity contribution is -0.118. The van der Waals surface area contributed by atoms with Gasteiger partial charge >= 0.3 is 0 Å². The molecule has 0 bridgehead atoms. The Balaban J connectivity index is 1.45. The highest BCUT2D eigenvalue weighted by Crippen LogP contribution is 2.17. The normalized spacial score (nSPS) is 10.4. The van der Waals surface area contributed by atoms with Crippen LogP contribution >= 0.6 is 23.4 Å². The van der Waals surface area contributed by atoms with E-state index in [1.807, 2.05) is 18.2 Å². The van der Waals surface area contributed by atoms with Crippen molar-refractivity contribution < 1.29 is 14.0 Å². The lowest BCUT2D eigenvalue weighted by atomic mass is 10.2. The molecule has 0 aliphatic heterocycles. The summed E-state index contributed by atoms with van der Waals surface area (Å²) in [6.45, 7) is 0.364. The molecule has 3 rings (SSSR count). The number of nitrogens with one attached hydrogen (secondary N) is 2. The zero-order valence-electron chi connectivity index (χ0n) is 14.0. The predicted octanol–water partition coefficient (Wildman–Crippen LogP) is 3.38. The fourth-order valence-corrected chi connectivity index (χ4v) is 2.92. The highest BCUT2D eigenvalue weighted by molar-refractivity contribution is 7.99. The van der Waals surface area contributed by atoms with Crippen LogP contribution in [0.1, 0.15) is 16.1 Å². The molecule has 7 nitrogen and oxygen atoms in total. The van der Waals surface area contributed by atoms with Crippen LogP contribution in [0.3, 0.4) is 0 Å². The van der Waals surface area contributed by atoms with Crippen LogP contribution in [0.25, 0.3) is 0 Å². The molecule has 2 aromatic heterocycles. The van der Waals surface area contributed by atoms with Gasteiger partial charge in [0.1, 0.15) is 5.03 Å². The van der Waals surface area contributed by atoms with Crippen LogP contribution in [0.4, 0.5) is 5.82 Å². The van der Waals surface area contributed by atoms with Crippen molar-refractivity contribution >= 4 is 41.0 Å². The Hall–Kier alpha value is -2.84. The first kappa shape index (κ1) is 18.9. The third-order valence-corrected chi connectivity index (χ3v) is 4.70. The SMILES string of the molecule is O=C(CSc1ccc(NC(=O)c2ccco2)nn1)NCc1ccccc1Cl. The summed E-state index contributed by atoms with van der Waals surface area (Å²) in [6.07, 6.45) is 1.41. The molecule has 0 saturated heterocycles. The maximum absolute atomic E-state index is 12.0. The van der Waals surface area contributed by atoms with Crippen molar-refractivity contribution in [3.8, 4) is 0 Å². The van der Waals surface area contributed by atoms with Crippen molar-refractivity contribution in [1.29, 1.82) is 0 Å². The average Bonchev–Trinajstić information content (AvgIpc) is 3.22. The van der Waals surface area contributed by atoms with Gasteiger partial charge in [-0.25, -0.2) is 0 Å². The number of hydrogen-bond donors (Lipinski definition) is 2. The van der Waals surface area contributed by atoms with E-state index < -0.39 is 5.91 Å². The molecule has 3 aromatic rings. The van der Waals surface area contributed by atoms with E-state index in [2.05, 4.69) is 20.8 Å². The van der Waals surface area contributed by atoms with Gasteiger partial charge in [0, 0.05) is 11.6 Å². The van der Waals surface area contributed by atoms with E-state index in [0.717, 1.165) is 5.56 Å². The van der Waals surface area contributed by atoms with Gasteiger partial charge in [-0.15, -0.1) is 10.2 Å². The molecule has 2 N–H and O–H groups in total. The Morgan fingerprint density at radius 3 is 2.63 bits per heavy atom. The van der Waals surface area contributed by atoms with Crippen molar-refractivity contribution in [3.05, 3.63) is 71.1 Å². The minimum atomic E-state index is -0.409. The summed E-state index contributed by atoms with van der Waals surface area (Å²) < 4.78 is 5.00. The number of carbonyl (C=O) groups is 2. The highest BCUT2D eigenvalue weighted by Gasteiger charge is 2.10. The minimum Gasteiger partial charge on any atom is -0.459 e. The van der Waals surface area contributed by atoms with E-state index in [-0.39, 0.29) is 17.4 Å². The Kier molecular flexibility index (Phi) is 6.45. The maximum atomic E-state index is 12.0. The second kappa shape index (κ2) is 9.20. The van der Waals surface area contributed by atoms with Gasteiger partial charge in [-0.05, 0) is 35.9 Å². The van der Waals surface area contributed by atoms with Crippen LogP contribution in [0.2, 0.25) is 5.02 Å². The number of rotatable bonds is 7. The number of anilines is 1. The lowest BCUT2D eigenvalue weighted by Gasteiger charge is -2.07. The molecule has 0 atom stereocenters. The number of nitrogens with zero attached hydrogens (tertiary/aromatic N) is 2. The van der Waals surface area contributed by atoms with E-state index in [1.54, 1.807) is 30.3 Å². The Bertz CT molecular complexity index is 917. The van der Waals surface area contributed by atoms with Gasteiger partial charge < -0.3 is 15.1 Å². The standard InChI is InChI=1S/C18H15ClN4O3S/c19-13-5-2-1-4-12(13)10-20-16(24)11-27-17-8-7-15(22-23-17)21-18(25)14-6-3-9-26-14/h1-9H,10-11H2,(H,20,24)(H,21,22,25). The molecule has 9 heteroatoms. The number of aromatic nitrogens is 2. The fourth-order valence-electron chi connectivity index (χ4n) is 2.08. The number of carbonyl (C=O) groups excluding carboxylic acids is 2. The second-order valence-corrected chi connectivity index (χ2v) is 6.75. The number of thioether (sulfide) groups is 1. The van der Waals surface area contributed by atoms with Crippen molar-refractivity contribution in [2.24, 2.45) is 0 Å². The van der Waals surface area contributed by atoms with Crippen molar-refractivity contribution in [1.82, 2.24) is 15.5 Å². The molecule has 1 aromatic carbocycles. The Morgan fingerprint density at radius 1 is 1.07 bits per heavy atom. The molecule has 0 unspecified atom stereocenters. The quantitative estimate of drug-likeness (QED) is 0.588. The molecule has 0 fully saturated rings. The van der Waals surface area contributed by atoms with Crippen LogP contribution in [-0.2, 0) is 11.3 Å². The van der Waals surface area contributed by atoms with Crippen molar-refractivity contribution in [3.63, 3.8) is 0 Å². The first-order valence-corrected chi connectivity index (χ1v) is 9.29. The topological polar surface area (TPSA) is 97.1 Å². The summed E-state index contributed by atoms with van der Waals surface area (Å²) in [5, 5.41) is 14.5. The van der Waals surface area contributed by atoms with Gasteiger partial charge in [0.25, 0.3) is 5.91 Å². The molecule has 2 heterocycles. The first-order chi connectivity index (χ1) is 13.1. The zero-order valence-corrected chi connectivity index (χ0v) is 15.6. The van der Waals surface area contributed by atoms with E-state index in [4.69, 9.17) is 16.0 Å². The van der Waals surface area contributed by atoms with Crippen molar-refractivity contribution in [2.45, 2.75) is 11.6 Å². The van der Waals surface area contributed by atoms with Gasteiger partial charge in [0.05, 0.1) is 12.0 Å². The second-order valence-electron chi connectivity index (χ2n) is 5.35. The predicted molar refractivity (Wildman–Crippen MR) is 103 cm³/mol. The van der Waals surface area contributed by atoms with E-state index in [1.165, 1.54) is 18.0 Å². The third-order valence-electron chi connectivity index (χ3n) is 3.41. The van der Waals surface area contributed by atoms with Crippen LogP contribution in [0.15, 0.2) is 64.2 Å². The van der Waals surface area contributed by atoms with Gasteiger partial charge in [0.2, 0.25) is 5.91 Å². The van der Waals surface area contributed by atoms with Gasteiger partial charge in [0.15, 0.2) is 11.6 Å². The largest absolute Gasteiger partial charge is 0.459 e. The smallest absolute Gasteiger partial charge is 0.292 e. The Labute approximate surface area is 164 Å². The molecule has 2 amide bonds. The molecule has 27 heavy (non-hydrogen) atoms. The fraction of sp³-hybridized carbons (Fsp3) is 0.111. The van der Waals surface area contributed by atoms with E-state index >= 15 is 0 Å². The van der Waals surface area contributed by atoms with E-state index in [0.29, 0.717) is 22.4 Å². The number of amides is 2.